The third-order valence-electron chi connectivity index (χ3n) is 3.27. The summed E-state index contributed by atoms with van der Waals surface area (Å²) in [6.45, 7) is 4.05. The summed E-state index contributed by atoms with van der Waals surface area (Å²) < 4.78 is 0. The summed E-state index contributed by atoms with van der Waals surface area (Å²) in [6.07, 6.45) is -0.673. The molecule has 2 heteroatoms. The predicted octanol–water partition coefficient (Wildman–Crippen LogP) is 3.04. The molecule has 0 fully saturated rings. The smallest absolute Gasteiger partial charge is 0.0985 e. The minimum absolute atomic E-state index is 0.396. The molecule has 0 aliphatic carbocycles. The Morgan fingerprint density at radius 2 is 1.67 bits per heavy atom. The van der Waals surface area contributed by atoms with E-state index in [9.17, 15) is 5.11 Å². The fourth-order valence-corrected chi connectivity index (χ4v) is 2.21. The van der Waals surface area contributed by atoms with E-state index in [0.717, 1.165) is 16.7 Å². The van der Waals surface area contributed by atoms with E-state index in [2.05, 4.69) is 6.07 Å². The number of hydrogen-bond donors (Lipinski definition) is 2. The van der Waals surface area contributed by atoms with E-state index in [-0.39, 0.29) is 0 Å². The minimum atomic E-state index is -0.673. The quantitative estimate of drug-likeness (QED) is 0.867. The number of rotatable bonds is 3. The van der Waals surface area contributed by atoms with Gasteiger partial charge < -0.3 is 10.8 Å². The molecule has 2 aromatic carbocycles. The van der Waals surface area contributed by atoms with Crippen LogP contribution in [0.1, 0.15) is 34.4 Å². The second-order valence-electron chi connectivity index (χ2n) is 4.74. The van der Waals surface area contributed by atoms with E-state index in [1.165, 1.54) is 5.56 Å². The van der Waals surface area contributed by atoms with E-state index < -0.39 is 12.1 Å². The molecule has 2 unspecified atom stereocenters. The number of aryl methyl sites for hydroxylation is 2. The monoisotopic (exact) mass is 241 g/mol. The van der Waals surface area contributed by atoms with Crippen molar-refractivity contribution in [3.05, 3.63) is 70.8 Å². The van der Waals surface area contributed by atoms with Gasteiger partial charge in [0.05, 0.1) is 12.1 Å². The van der Waals surface area contributed by atoms with Crippen molar-refractivity contribution < 1.29 is 5.11 Å². The van der Waals surface area contributed by atoms with Crippen molar-refractivity contribution in [1.29, 1.82) is 0 Å². The second-order valence-corrected chi connectivity index (χ2v) is 4.74. The maximum Gasteiger partial charge on any atom is 0.0985 e. The third kappa shape index (κ3) is 2.61. The van der Waals surface area contributed by atoms with Gasteiger partial charge in [-0.2, -0.15) is 0 Å². The summed E-state index contributed by atoms with van der Waals surface area (Å²) in [6, 6.07) is 15.3. The van der Waals surface area contributed by atoms with Crippen molar-refractivity contribution in [3.63, 3.8) is 0 Å². The maximum absolute atomic E-state index is 10.4. The fourth-order valence-electron chi connectivity index (χ4n) is 2.21. The van der Waals surface area contributed by atoms with Crippen LogP contribution in [0.5, 0.6) is 0 Å². The molecule has 0 bridgehead atoms. The first-order valence-electron chi connectivity index (χ1n) is 6.15. The first-order valence-corrected chi connectivity index (χ1v) is 6.15. The van der Waals surface area contributed by atoms with Crippen LogP contribution >= 0.6 is 0 Å². The Hall–Kier alpha value is -1.64. The molecule has 0 aliphatic heterocycles. The molecule has 2 rings (SSSR count). The summed E-state index contributed by atoms with van der Waals surface area (Å²) in [5, 5.41) is 10.4. The van der Waals surface area contributed by atoms with Gasteiger partial charge in [-0.1, -0.05) is 54.1 Å². The molecule has 2 nitrogen and oxygen atoms in total. The SMILES string of the molecule is Cc1ccc(C(O)C(N)c2ccccc2)c(C)c1. The minimum Gasteiger partial charge on any atom is -0.386 e. The topological polar surface area (TPSA) is 46.2 Å². The molecule has 0 aliphatic rings. The molecule has 0 amide bonds. The van der Waals surface area contributed by atoms with Crippen LogP contribution < -0.4 is 5.73 Å². The van der Waals surface area contributed by atoms with Crippen LogP contribution in [0.25, 0.3) is 0 Å². The van der Waals surface area contributed by atoms with Gasteiger partial charge in [-0.15, -0.1) is 0 Å². The highest BCUT2D eigenvalue weighted by Crippen LogP contribution is 2.28. The second kappa shape index (κ2) is 5.34. The van der Waals surface area contributed by atoms with Crippen LogP contribution in [0.2, 0.25) is 0 Å². The Morgan fingerprint density at radius 1 is 1.00 bits per heavy atom. The average Bonchev–Trinajstić information content (AvgIpc) is 2.38. The summed E-state index contributed by atoms with van der Waals surface area (Å²) in [5.74, 6) is 0. The Balaban J connectivity index is 2.28. The first kappa shape index (κ1) is 12.8. The van der Waals surface area contributed by atoms with Gasteiger partial charge in [0.2, 0.25) is 0 Å². The Kier molecular flexibility index (Phi) is 3.80. The van der Waals surface area contributed by atoms with Gasteiger partial charge >= 0.3 is 0 Å². The van der Waals surface area contributed by atoms with Crippen molar-refractivity contribution in [2.45, 2.75) is 26.0 Å². The number of hydrogen-bond acceptors (Lipinski definition) is 2. The first-order chi connectivity index (χ1) is 8.59. The largest absolute Gasteiger partial charge is 0.386 e. The zero-order valence-electron chi connectivity index (χ0n) is 10.8. The van der Waals surface area contributed by atoms with Crippen LogP contribution in [-0.4, -0.2) is 5.11 Å². The van der Waals surface area contributed by atoms with E-state index in [1.54, 1.807) is 0 Å². The lowest BCUT2D eigenvalue weighted by Crippen LogP contribution is -2.20. The lowest BCUT2D eigenvalue weighted by Gasteiger charge is -2.21. The summed E-state index contributed by atoms with van der Waals surface area (Å²) >= 11 is 0. The average molecular weight is 241 g/mol. The number of benzene rings is 2. The number of aliphatic hydroxyl groups is 1. The maximum atomic E-state index is 10.4. The van der Waals surface area contributed by atoms with Crippen LogP contribution in [-0.2, 0) is 0 Å². The molecule has 18 heavy (non-hydrogen) atoms. The molecule has 94 valence electrons. The molecule has 2 aromatic rings. The van der Waals surface area contributed by atoms with E-state index in [1.807, 2.05) is 56.3 Å². The standard InChI is InChI=1S/C16H19NO/c1-11-8-9-14(12(2)10-11)16(18)15(17)13-6-4-3-5-7-13/h3-10,15-16,18H,17H2,1-2H3. The fraction of sp³-hybridized carbons (Fsp3) is 0.250. The van der Waals surface area contributed by atoms with Gasteiger partial charge in [-0.3, -0.25) is 0 Å². The normalized spacial score (nSPS) is 14.2. The van der Waals surface area contributed by atoms with Crippen molar-refractivity contribution in [2.24, 2.45) is 5.73 Å². The van der Waals surface area contributed by atoms with Gasteiger partial charge in [0, 0.05) is 0 Å². The highest BCUT2D eigenvalue weighted by molar-refractivity contribution is 5.34. The van der Waals surface area contributed by atoms with Crippen LogP contribution in [0, 0.1) is 13.8 Å². The molecule has 0 saturated carbocycles. The zero-order chi connectivity index (χ0) is 13.1. The molecule has 0 radical (unpaired) electrons. The van der Waals surface area contributed by atoms with Crippen LogP contribution in [0.4, 0.5) is 0 Å². The summed E-state index contributed by atoms with van der Waals surface area (Å²) in [4.78, 5) is 0. The van der Waals surface area contributed by atoms with E-state index in [4.69, 9.17) is 5.73 Å². The van der Waals surface area contributed by atoms with Crippen molar-refractivity contribution in [2.75, 3.05) is 0 Å². The summed E-state index contributed by atoms with van der Waals surface area (Å²) in [7, 11) is 0. The predicted molar refractivity (Wildman–Crippen MR) is 74.2 cm³/mol. The van der Waals surface area contributed by atoms with Crippen molar-refractivity contribution in [1.82, 2.24) is 0 Å². The van der Waals surface area contributed by atoms with Crippen molar-refractivity contribution in [3.8, 4) is 0 Å². The van der Waals surface area contributed by atoms with Crippen LogP contribution in [0.3, 0.4) is 0 Å². The Labute approximate surface area is 108 Å². The molecule has 2 atom stereocenters. The van der Waals surface area contributed by atoms with E-state index >= 15 is 0 Å². The number of nitrogens with two attached hydrogens (primary N) is 1. The number of aliphatic hydroxyl groups excluding tert-OH is 1. The van der Waals surface area contributed by atoms with E-state index in [0.29, 0.717) is 0 Å². The van der Waals surface area contributed by atoms with Crippen molar-refractivity contribution >= 4 is 0 Å². The molecule has 0 saturated heterocycles. The summed E-state index contributed by atoms with van der Waals surface area (Å²) in [5.41, 5.74) is 10.2. The lowest BCUT2D eigenvalue weighted by atomic mass is 9.93. The third-order valence-corrected chi connectivity index (χ3v) is 3.27. The van der Waals surface area contributed by atoms with Gasteiger partial charge in [0.15, 0.2) is 0 Å². The zero-order valence-corrected chi connectivity index (χ0v) is 10.8. The van der Waals surface area contributed by atoms with Gasteiger partial charge in [0.1, 0.15) is 0 Å². The Bertz CT molecular complexity index is 522. The van der Waals surface area contributed by atoms with Crippen LogP contribution in [0.15, 0.2) is 48.5 Å². The molecular formula is C16H19NO. The lowest BCUT2D eigenvalue weighted by molar-refractivity contribution is 0.146. The highest BCUT2D eigenvalue weighted by Gasteiger charge is 2.19. The van der Waals surface area contributed by atoms with Gasteiger partial charge in [-0.25, -0.2) is 0 Å². The van der Waals surface area contributed by atoms with Gasteiger partial charge in [-0.05, 0) is 30.5 Å². The molecular weight excluding hydrogens is 222 g/mol. The highest BCUT2D eigenvalue weighted by atomic mass is 16.3. The molecule has 0 spiro atoms. The van der Waals surface area contributed by atoms with Gasteiger partial charge in [0.25, 0.3) is 0 Å². The Morgan fingerprint density at radius 3 is 2.28 bits per heavy atom. The molecule has 0 heterocycles. The molecule has 0 aromatic heterocycles. The molecule has 3 N–H and O–H groups in total.